The number of ether oxygens (including phenoxy) is 2. The van der Waals surface area contributed by atoms with Crippen LogP contribution in [0.5, 0.6) is 0 Å². The summed E-state index contributed by atoms with van der Waals surface area (Å²) >= 11 is 0. The first-order chi connectivity index (χ1) is 8.90. The first-order valence-electron chi connectivity index (χ1n) is 6.01. The predicted molar refractivity (Wildman–Crippen MR) is 76.9 cm³/mol. The molecule has 0 radical (unpaired) electrons. The van der Waals surface area contributed by atoms with Crippen LogP contribution in [0.15, 0.2) is 54.6 Å². The standard InChI is InChI=1S/C16H17O2.BrH.Mg/c1-17-13-16(15-10-6-3-7-11-15)18-12-14-8-4-2-5-9-14;;/h2-8,10-11,16H,12-13H2,1H3;1H;/q-1;;+2/p-1/t16-;;/m0../s1. The van der Waals surface area contributed by atoms with E-state index in [9.17, 15) is 0 Å². The zero-order chi connectivity index (χ0) is 12.6. The third-order valence-electron chi connectivity index (χ3n) is 2.70. The molecule has 0 aliphatic heterocycles. The van der Waals surface area contributed by atoms with Crippen LogP contribution in [0.4, 0.5) is 0 Å². The first kappa shape index (κ1) is 19.6. The molecule has 102 valence electrons. The molecule has 1 atom stereocenters. The maximum Gasteiger partial charge on any atom is 2.00 e. The molecule has 0 amide bonds. The van der Waals surface area contributed by atoms with Crippen LogP contribution in [0, 0.1) is 6.07 Å². The van der Waals surface area contributed by atoms with Crippen LogP contribution in [-0.2, 0) is 16.1 Å². The molecular formula is C16H17BrMgO2. The summed E-state index contributed by atoms with van der Waals surface area (Å²) in [6, 6.07) is 21.1. The van der Waals surface area contributed by atoms with Crippen LogP contribution < -0.4 is 17.0 Å². The van der Waals surface area contributed by atoms with Gasteiger partial charge in [0.15, 0.2) is 0 Å². The maximum absolute atomic E-state index is 5.90. The van der Waals surface area contributed by atoms with Gasteiger partial charge >= 0.3 is 23.1 Å². The molecule has 2 rings (SSSR count). The number of rotatable bonds is 6. The molecule has 0 fully saturated rings. The molecule has 0 heterocycles. The topological polar surface area (TPSA) is 18.5 Å². The SMILES string of the molecule is COC[C@H](OCc1[c-]cccc1)c1ccccc1.[Br-].[Mg+2]. The second-order valence-corrected chi connectivity index (χ2v) is 4.05. The molecular weight excluding hydrogens is 328 g/mol. The molecule has 0 saturated carbocycles. The summed E-state index contributed by atoms with van der Waals surface area (Å²) < 4.78 is 11.1. The van der Waals surface area contributed by atoms with Gasteiger partial charge in [0.1, 0.15) is 6.10 Å². The van der Waals surface area contributed by atoms with Crippen molar-refractivity contribution < 1.29 is 26.5 Å². The molecule has 0 saturated heterocycles. The van der Waals surface area contributed by atoms with Crippen molar-refractivity contribution in [3.05, 3.63) is 71.8 Å². The van der Waals surface area contributed by atoms with Crippen LogP contribution in [0.1, 0.15) is 17.2 Å². The predicted octanol–water partition coefficient (Wildman–Crippen LogP) is 0.0143. The van der Waals surface area contributed by atoms with Gasteiger partial charge in [0.25, 0.3) is 0 Å². The van der Waals surface area contributed by atoms with Crippen molar-refractivity contribution in [2.24, 2.45) is 0 Å². The molecule has 4 heteroatoms. The molecule has 0 N–H and O–H groups in total. The second-order valence-electron chi connectivity index (χ2n) is 4.05. The minimum absolute atomic E-state index is 0. The number of hydrogen-bond donors (Lipinski definition) is 0. The van der Waals surface area contributed by atoms with Gasteiger partial charge in [-0.1, -0.05) is 30.3 Å². The van der Waals surface area contributed by atoms with Crippen LogP contribution in [0.3, 0.4) is 0 Å². The summed E-state index contributed by atoms with van der Waals surface area (Å²) in [6.07, 6.45) is -0.0372. The minimum Gasteiger partial charge on any atom is -1.00 e. The Balaban J connectivity index is 0.00000180. The monoisotopic (exact) mass is 344 g/mol. The number of hydrogen-bond acceptors (Lipinski definition) is 2. The average molecular weight is 346 g/mol. The Morgan fingerprint density at radius 2 is 1.75 bits per heavy atom. The minimum atomic E-state index is -0.0372. The Labute approximate surface area is 147 Å². The molecule has 0 aliphatic rings. The quantitative estimate of drug-likeness (QED) is 0.543. The van der Waals surface area contributed by atoms with Crippen molar-refractivity contribution in [1.29, 1.82) is 0 Å². The normalized spacial score (nSPS) is 11.1. The van der Waals surface area contributed by atoms with Crippen molar-refractivity contribution in [2.75, 3.05) is 13.7 Å². The van der Waals surface area contributed by atoms with Crippen LogP contribution in [0.25, 0.3) is 0 Å². The molecule has 0 aromatic heterocycles. The van der Waals surface area contributed by atoms with Gasteiger partial charge in [-0.15, -0.1) is 5.56 Å². The van der Waals surface area contributed by atoms with Crippen molar-refractivity contribution >= 4 is 23.1 Å². The molecule has 0 bridgehead atoms. The summed E-state index contributed by atoms with van der Waals surface area (Å²) in [5.41, 5.74) is 2.19. The first-order valence-corrected chi connectivity index (χ1v) is 6.01. The van der Waals surface area contributed by atoms with Gasteiger partial charge in [0, 0.05) is 7.11 Å². The Hall–Kier alpha value is -0.394. The number of halogens is 1. The van der Waals surface area contributed by atoms with E-state index in [0.717, 1.165) is 11.1 Å². The van der Waals surface area contributed by atoms with Gasteiger partial charge < -0.3 is 26.5 Å². The molecule has 0 spiro atoms. The van der Waals surface area contributed by atoms with E-state index in [1.165, 1.54) is 0 Å². The van der Waals surface area contributed by atoms with Gasteiger partial charge in [-0.25, -0.2) is 0 Å². The fourth-order valence-electron chi connectivity index (χ4n) is 1.77. The van der Waals surface area contributed by atoms with E-state index in [4.69, 9.17) is 9.47 Å². The summed E-state index contributed by atoms with van der Waals surface area (Å²) in [4.78, 5) is 0. The fraction of sp³-hybridized carbons (Fsp3) is 0.250. The van der Waals surface area contributed by atoms with Crippen molar-refractivity contribution in [3.8, 4) is 0 Å². The Bertz CT molecular complexity index is 451. The van der Waals surface area contributed by atoms with Crippen molar-refractivity contribution in [3.63, 3.8) is 0 Å². The second kappa shape index (κ2) is 11.3. The summed E-state index contributed by atoms with van der Waals surface area (Å²) in [5, 5.41) is 0. The van der Waals surface area contributed by atoms with E-state index in [2.05, 4.69) is 18.2 Å². The largest absolute Gasteiger partial charge is 2.00 e. The fourth-order valence-corrected chi connectivity index (χ4v) is 1.77. The van der Waals surface area contributed by atoms with Gasteiger partial charge in [-0.3, -0.25) is 0 Å². The summed E-state index contributed by atoms with van der Waals surface area (Å²) in [7, 11) is 1.69. The number of methoxy groups -OCH3 is 1. The van der Waals surface area contributed by atoms with Crippen LogP contribution in [0.2, 0.25) is 0 Å². The van der Waals surface area contributed by atoms with E-state index >= 15 is 0 Å². The molecule has 0 aliphatic carbocycles. The Morgan fingerprint density at radius 1 is 1.05 bits per heavy atom. The molecule has 2 aromatic rings. The van der Waals surface area contributed by atoms with Gasteiger partial charge in [-0.2, -0.15) is 30.3 Å². The van der Waals surface area contributed by atoms with Crippen LogP contribution >= 0.6 is 0 Å². The molecule has 0 unspecified atom stereocenters. The maximum atomic E-state index is 5.90. The number of benzene rings is 2. The Morgan fingerprint density at radius 3 is 2.35 bits per heavy atom. The van der Waals surface area contributed by atoms with E-state index < -0.39 is 0 Å². The third kappa shape index (κ3) is 6.37. The third-order valence-corrected chi connectivity index (χ3v) is 2.70. The van der Waals surface area contributed by atoms with Gasteiger partial charge in [0.2, 0.25) is 0 Å². The van der Waals surface area contributed by atoms with Crippen molar-refractivity contribution in [2.45, 2.75) is 12.7 Å². The van der Waals surface area contributed by atoms with Gasteiger partial charge in [0.05, 0.1) is 13.2 Å². The van der Waals surface area contributed by atoms with E-state index in [-0.39, 0.29) is 46.1 Å². The zero-order valence-corrected chi connectivity index (χ0v) is 14.6. The van der Waals surface area contributed by atoms with E-state index in [1.54, 1.807) is 7.11 Å². The van der Waals surface area contributed by atoms with Crippen LogP contribution in [-0.4, -0.2) is 36.8 Å². The molecule has 2 nitrogen and oxygen atoms in total. The molecule has 20 heavy (non-hydrogen) atoms. The van der Waals surface area contributed by atoms with Crippen molar-refractivity contribution in [1.82, 2.24) is 0 Å². The summed E-state index contributed by atoms with van der Waals surface area (Å²) in [5.74, 6) is 0. The summed E-state index contributed by atoms with van der Waals surface area (Å²) in [6.45, 7) is 1.10. The average Bonchev–Trinajstić information content (AvgIpc) is 2.45. The Kier molecular flexibility index (Phi) is 11.1. The van der Waals surface area contributed by atoms with E-state index in [0.29, 0.717) is 13.2 Å². The van der Waals surface area contributed by atoms with Gasteiger partial charge in [-0.05, 0) is 5.56 Å². The molecule has 2 aromatic carbocycles. The van der Waals surface area contributed by atoms with E-state index in [1.807, 2.05) is 42.5 Å². The zero-order valence-electron chi connectivity index (χ0n) is 11.6. The smallest absolute Gasteiger partial charge is 1.00 e.